The molecule has 0 aromatic carbocycles. The van der Waals surface area contributed by atoms with Crippen molar-refractivity contribution >= 4 is 0 Å². The maximum atomic E-state index is 10.2. The van der Waals surface area contributed by atoms with E-state index in [2.05, 4.69) is 17.1 Å². The lowest BCUT2D eigenvalue weighted by Crippen LogP contribution is -2.53. The molecule has 3 unspecified atom stereocenters. The van der Waals surface area contributed by atoms with Gasteiger partial charge >= 0.3 is 0 Å². The van der Waals surface area contributed by atoms with Crippen molar-refractivity contribution < 1.29 is 10.2 Å². The normalized spacial score (nSPS) is 30.1. The van der Waals surface area contributed by atoms with E-state index in [1.807, 2.05) is 0 Å². The van der Waals surface area contributed by atoms with Crippen LogP contribution in [0.25, 0.3) is 0 Å². The molecule has 2 fully saturated rings. The lowest BCUT2D eigenvalue weighted by Gasteiger charge is -2.42. The summed E-state index contributed by atoms with van der Waals surface area (Å²) in [5.41, 5.74) is 0. The van der Waals surface area contributed by atoms with Crippen LogP contribution < -0.4 is 5.32 Å². The third-order valence-electron chi connectivity index (χ3n) is 5.03. The van der Waals surface area contributed by atoms with E-state index >= 15 is 0 Å². The summed E-state index contributed by atoms with van der Waals surface area (Å²) >= 11 is 0. The molecule has 1 heterocycles. The zero-order valence-corrected chi connectivity index (χ0v) is 12.9. The smallest absolute Gasteiger partial charge is 0.0578 e. The number of piperidine rings is 1. The Hall–Kier alpha value is -0.160. The van der Waals surface area contributed by atoms with Gasteiger partial charge in [0.05, 0.1) is 6.10 Å². The number of likely N-dealkylation sites (tertiary alicyclic amines) is 1. The Morgan fingerprint density at radius 2 is 2.10 bits per heavy atom. The maximum Gasteiger partial charge on any atom is 0.0578 e. The van der Waals surface area contributed by atoms with Gasteiger partial charge in [-0.15, -0.1) is 0 Å². The second-order valence-corrected chi connectivity index (χ2v) is 6.72. The molecule has 2 aliphatic rings. The van der Waals surface area contributed by atoms with Crippen molar-refractivity contribution in [1.29, 1.82) is 0 Å². The van der Waals surface area contributed by atoms with Crippen LogP contribution in [0.5, 0.6) is 0 Å². The summed E-state index contributed by atoms with van der Waals surface area (Å²) in [6, 6.07) is 0.474. The maximum absolute atomic E-state index is 10.2. The minimum Gasteiger partial charge on any atom is -0.396 e. The van der Waals surface area contributed by atoms with Gasteiger partial charge in [0.25, 0.3) is 0 Å². The fourth-order valence-electron chi connectivity index (χ4n) is 3.57. The number of aliphatic hydroxyl groups excluding tert-OH is 2. The molecule has 1 aliphatic heterocycles. The summed E-state index contributed by atoms with van der Waals surface area (Å²) in [5, 5.41) is 22.7. The first-order valence-corrected chi connectivity index (χ1v) is 8.47. The average molecular weight is 284 g/mol. The van der Waals surface area contributed by atoms with Gasteiger partial charge in [0.1, 0.15) is 0 Å². The van der Waals surface area contributed by atoms with Gasteiger partial charge in [-0.2, -0.15) is 0 Å². The van der Waals surface area contributed by atoms with Crippen LogP contribution in [-0.4, -0.2) is 60.0 Å². The summed E-state index contributed by atoms with van der Waals surface area (Å²) in [4.78, 5) is 2.56. The minimum absolute atomic E-state index is 0.165. The number of nitrogens with one attached hydrogen (secondary N) is 1. The third-order valence-corrected chi connectivity index (χ3v) is 5.03. The second kappa shape index (κ2) is 8.32. The van der Waals surface area contributed by atoms with Crippen molar-refractivity contribution in [3.05, 3.63) is 0 Å². The number of hydrogen-bond acceptors (Lipinski definition) is 4. The number of aliphatic hydroxyl groups is 2. The topological polar surface area (TPSA) is 55.7 Å². The zero-order chi connectivity index (χ0) is 14.4. The Balaban J connectivity index is 1.83. The van der Waals surface area contributed by atoms with Gasteiger partial charge in [0.2, 0.25) is 0 Å². The van der Waals surface area contributed by atoms with Crippen LogP contribution in [-0.2, 0) is 0 Å². The quantitative estimate of drug-likeness (QED) is 0.587. The minimum atomic E-state index is -0.165. The molecule has 0 spiro atoms. The monoisotopic (exact) mass is 284 g/mol. The Labute approximate surface area is 123 Å². The molecule has 3 N–H and O–H groups in total. The summed E-state index contributed by atoms with van der Waals surface area (Å²) in [7, 11) is 0. The van der Waals surface area contributed by atoms with Gasteiger partial charge in [-0.1, -0.05) is 13.3 Å². The molecule has 0 radical (unpaired) electrons. The zero-order valence-electron chi connectivity index (χ0n) is 12.9. The van der Waals surface area contributed by atoms with Crippen molar-refractivity contribution in [3.8, 4) is 0 Å². The first-order valence-electron chi connectivity index (χ1n) is 8.47. The molecule has 2 rings (SSSR count). The first-order chi connectivity index (χ1) is 9.72. The molecule has 1 saturated carbocycles. The highest BCUT2D eigenvalue weighted by molar-refractivity contribution is 4.88. The van der Waals surface area contributed by atoms with Gasteiger partial charge in [0.15, 0.2) is 0 Å². The molecular weight excluding hydrogens is 252 g/mol. The molecule has 0 amide bonds. The Kier molecular flexibility index (Phi) is 6.75. The third kappa shape index (κ3) is 4.69. The second-order valence-electron chi connectivity index (χ2n) is 6.72. The molecule has 0 aromatic rings. The van der Waals surface area contributed by atoms with Crippen LogP contribution in [0.15, 0.2) is 0 Å². The lowest BCUT2D eigenvalue weighted by atomic mass is 9.83. The average Bonchev–Trinajstić information content (AvgIpc) is 2.42. The first kappa shape index (κ1) is 16.2. The van der Waals surface area contributed by atoms with Crippen molar-refractivity contribution in [1.82, 2.24) is 10.2 Å². The van der Waals surface area contributed by atoms with Crippen LogP contribution in [0, 0.1) is 11.8 Å². The van der Waals surface area contributed by atoms with Crippen LogP contribution in [0.4, 0.5) is 0 Å². The van der Waals surface area contributed by atoms with Crippen molar-refractivity contribution in [2.45, 2.75) is 57.6 Å². The highest BCUT2D eigenvalue weighted by Crippen LogP contribution is 2.29. The Bertz CT molecular complexity index is 271. The molecule has 4 nitrogen and oxygen atoms in total. The Morgan fingerprint density at radius 3 is 2.70 bits per heavy atom. The summed E-state index contributed by atoms with van der Waals surface area (Å²) in [6.45, 7) is 6.59. The van der Waals surface area contributed by atoms with E-state index in [0.29, 0.717) is 12.0 Å². The molecule has 1 aliphatic carbocycles. The van der Waals surface area contributed by atoms with Crippen molar-refractivity contribution in [2.75, 3.05) is 32.8 Å². The Morgan fingerprint density at radius 1 is 1.30 bits per heavy atom. The van der Waals surface area contributed by atoms with Crippen LogP contribution in [0.1, 0.15) is 45.4 Å². The number of hydrogen-bond donors (Lipinski definition) is 3. The molecule has 0 bridgehead atoms. The van der Waals surface area contributed by atoms with Gasteiger partial charge < -0.3 is 20.4 Å². The number of nitrogens with zero attached hydrogens (tertiary/aromatic N) is 1. The van der Waals surface area contributed by atoms with Gasteiger partial charge in [-0.3, -0.25) is 0 Å². The largest absolute Gasteiger partial charge is 0.396 e. The lowest BCUT2D eigenvalue weighted by molar-refractivity contribution is 0.0246. The molecule has 1 saturated heterocycles. The highest BCUT2D eigenvalue weighted by atomic mass is 16.3. The number of rotatable bonds is 8. The molecular formula is C16H32N2O2. The summed E-state index contributed by atoms with van der Waals surface area (Å²) in [5.74, 6) is 1.30. The van der Waals surface area contributed by atoms with E-state index < -0.39 is 0 Å². The predicted molar refractivity (Wildman–Crippen MR) is 81.7 cm³/mol. The van der Waals surface area contributed by atoms with E-state index in [-0.39, 0.29) is 12.7 Å². The molecule has 0 aromatic heterocycles. The van der Waals surface area contributed by atoms with Crippen molar-refractivity contribution in [2.24, 2.45) is 11.8 Å². The van der Waals surface area contributed by atoms with E-state index in [1.54, 1.807) is 0 Å². The molecule has 20 heavy (non-hydrogen) atoms. The van der Waals surface area contributed by atoms with E-state index in [9.17, 15) is 5.11 Å². The van der Waals surface area contributed by atoms with Crippen LogP contribution in [0.2, 0.25) is 0 Å². The fourth-order valence-corrected chi connectivity index (χ4v) is 3.57. The standard InChI is InChI=1S/C16H32N2O2/c1-2-16(20)14-9-15(17-7-4-8-19)12-18(11-14)10-13-5-3-6-13/h13-17,19-20H,2-12H2,1H3. The van der Waals surface area contributed by atoms with Gasteiger partial charge in [-0.25, -0.2) is 0 Å². The molecule has 3 atom stereocenters. The SMILES string of the molecule is CCC(O)C1CC(NCCCO)CN(CC2CCC2)C1. The van der Waals surface area contributed by atoms with Crippen LogP contribution >= 0.6 is 0 Å². The fraction of sp³-hybridized carbons (Fsp3) is 1.00. The highest BCUT2D eigenvalue weighted by Gasteiger charge is 2.32. The molecule has 118 valence electrons. The van der Waals surface area contributed by atoms with Gasteiger partial charge in [-0.05, 0) is 50.5 Å². The molecule has 4 heteroatoms. The summed E-state index contributed by atoms with van der Waals surface area (Å²) < 4.78 is 0. The van der Waals surface area contributed by atoms with E-state index in [4.69, 9.17) is 5.11 Å². The van der Waals surface area contributed by atoms with Gasteiger partial charge in [0, 0.05) is 32.3 Å². The van der Waals surface area contributed by atoms with E-state index in [1.165, 1.54) is 25.8 Å². The summed E-state index contributed by atoms with van der Waals surface area (Å²) in [6.07, 6.45) is 6.76. The van der Waals surface area contributed by atoms with Crippen molar-refractivity contribution in [3.63, 3.8) is 0 Å². The van der Waals surface area contributed by atoms with Crippen LogP contribution in [0.3, 0.4) is 0 Å². The predicted octanol–water partition coefficient (Wildman–Crippen LogP) is 1.22. The van der Waals surface area contributed by atoms with E-state index in [0.717, 1.165) is 44.8 Å².